The van der Waals surface area contributed by atoms with E-state index in [0.717, 1.165) is 12.8 Å². The van der Waals surface area contributed by atoms with Crippen molar-refractivity contribution in [2.24, 2.45) is 5.73 Å². The van der Waals surface area contributed by atoms with Crippen molar-refractivity contribution in [1.82, 2.24) is 10.6 Å². The lowest BCUT2D eigenvalue weighted by atomic mass is 10.1. The molecule has 0 radical (unpaired) electrons. The minimum Gasteiger partial charge on any atom is -0.316 e. The summed E-state index contributed by atoms with van der Waals surface area (Å²) in [6.45, 7) is 6.42. The van der Waals surface area contributed by atoms with Gasteiger partial charge in [0.25, 0.3) is 0 Å². The fourth-order valence-electron chi connectivity index (χ4n) is 1.80. The van der Waals surface area contributed by atoms with Crippen molar-refractivity contribution in [2.75, 3.05) is 0 Å². The van der Waals surface area contributed by atoms with E-state index in [1.807, 2.05) is 6.07 Å². The number of rotatable bonds is 7. The van der Waals surface area contributed by atoms with Crippen LogP contribution in [0.2, 0.25) is 0 Å². The summed E-state index contributed by atoms with van der Waals surface area (Å²) in [6, 6.07) is 10.8. The molecule has 1 aromatic carbocycles. The first-order valence-corrected chi connectivity index (χ1v) is 6.50. The van der Waals surface area contributed by atoms with Gasteiger partial charge >= 0.3 is 0 Å². The SMILES string of the molecule is CCC(N)NC(CC)NC(C)c1ccccc1. The topological polar surface area (TPSA) is 50.1 Å². The zero-order valence-electron chi connectivity index (χ0n) is 11.1. The Balaban J connectivity index is 2.50. The quantitative estimate of drug-likeness (QED) is 0.636. The van der Waals surface area contributed by atoms with Crippen LogP contribution >= 0.6 is 0 Å². The van der Waals surface area contributed by atoms with Gasteiger partial charge in [0.1, 0.15) is 0 Å². The van der Waals surface area contributed by atoms with Gasteiger partial charge in [-0.25, -0.2) is 0 Å². The summed E-state index contributed by atoms with van der Waals surface area (Å²) in [5, 5.41) is 6.94. The second-order valence-corrected chi connectivity index (χ2v) is 4.44. The van der Waals surface area contributed by atoms with E-state index in [9.17, 15) is 0 Å². The summed E-state index contributed by atoms with van der Waals surface area (Å²) in [5.41, 5.74) is 7.22. The summed E-state index contributed by atoms with van der Waals surface area (Å²) >= 11 is 0. The second kappa shape index (κ2) is 7.43. The van der Waals surface area contributed by atoms with E-state index in [-0.39, 0.29) is 12.3 Å². The Morgan fingerprint density at radius 1 is 1.06 bits per heavy atom. The highest BCUT2D eigenvalue weighted by Gasteiger charge is 2.12. The van der Waals surface area contributed by atoms with Gasteiger partial charge in [0.05, 0.1) is 12.3 Å². The fourth-order valence-corrected chi connectivity index (χ4v) is 1.80. The maximum atomic E-state index is 5.91. The molecule has 0 heterocycles. The predicted octanol–water partition coefficient (Wildman–Crippen LogP) is 2.36. The van der Waals surface area contributed by atoms with Crippen molar-refractivity contribution in [3.63, 3.8) is 0 Å². The van der Waals surface area contributed by atoms with E-state index in [4.69, 9.17) is 5.73 Å². The van der Waals surface area contributed by atoms with Gasteiger partial charge in [-0.1, -0.05) is 44.2 Å². The number of hydrogen-bond acceptors (Lipinski definition) is 3. The Kier molecular flexibility index (Phi) is 6.19. The molecule has 3 atom stereocenters. The Hall–Kier alpha value is -0.900. The molecular formula is C14H25N3. The van der Waals surface area contributed by atoms with E-state index in [0.29, 0.717) is 6.04 Å². The monoisotopic (exact) mass is 235 g/mol. The van der Waals surface area contributed by atoms with Crippen LogP contribution in [0.4, 0.5) is 0 Å². The van der Waals surface area contributed by atoms with Crippen molar-refractivity contribution >= 4 is 0 Å². The van der Waals surface area contributed by atoms with Crippen molar-refractivity contribution in [3.8, 4) is 0 Å². The molecule has 0 saturated carbocycles. The van der Waals surface area contributed by atoms with Gasteiger partial charge in [-0.05, 0) is 25.3 Å². The van der Waals surface area contributed by atoms with E-state index < -0.39 is 0 Å². The van der Waals surface area contributed by atoms with Crippen LogP contribution in [0, 0.1) is 0 Å². The molecule has 0 aliphatic carbocycles. The normalized spacial score (nSPS) is 16.5. The lowest BCUT2D eigenvalue weighted by molar-refractivity contribution is 0.333. The average Bonchev–Trinajstić information content (AvgIpc) is 2.38. The number of hydrogen-bond donors (Lipinski definition) is 3. The van der Waals surface area contributed by atoms with Gasteiger partial charge in [0.15, 0.2) is 0 Å². The van der Waals surface area contributed by atoms with Gasteiger partial charge in [-0.15, -0.1) is 0 Å². The lowest BCUT2D eigenvalue weighted by Crippen LogP contribution is -2.50. The van der Waals surface area contributed by atoms with E-state index >= 15 is 0 Å². The molecule has 1 rings (SSSR count). The van der Waals surface area contributed by atoms with Crippen LogP contribution in [0.15, 0.2) is 30.3 Å². The minimum absolute atomic E-state index is 0.0652. The first-order valence-electron chi connectivity index (χ1n) is 6.50. The molecule has 3 nitrogen and oxygen atoms in total. The summed E-state index contributed by atoms with van der Waals surface area (Å²) in [4.78, 5) is 0. The number of nitrogens with one attached hydrogen (secondary N) is 2. The lowest BCUT2D eigenvalue weighted by Gasteiger charge is -2.26. The van der Waals surface area contributed by atoms with Gasteiger partial charge in [0, 0.05) is 6.04 Å². The summed E-state index contributed by atoms with van der Waals surface area (Å²) in [6.07, 6.45) is 2.29. The highest BCUT2D eigenvalue weighted by molar-refractivity contribution is 5.18. The Morgan fingerprint density at radius 3 is 2.24 bits per heavy atom. The zero-order chi connectivity index (χ0) is 12.7. The molecule has 17 heavy (non-hydrogen) atoms. The smallest absolute Gasteiger partial charge is 0.0585 e. The molecule has 4 N–H and O–H groups in total. The number of nitrogens with two attached hydrogens (primary N) is 1. The first-order chi connectivity index (χ1) is 8.17. The van der Waals surface area contributed by atoms with Crippen LogP contribution in [0.25, 0.3) is 0 Å². The third-order valence-electron chi connectivity index (χ3n) is 3.01. The van der Waals surface area contributed by atoms with Gasteiger partial charge < -0.3 is 5.73 Å². The molecule has 0 spiro atoms. The molecule has 1 aromatic rings. The van der Waals surface area contributed by atoms with Crippen LogP contribution in [0.3, 0.4) is 0 Å². The molecule has 0 amide bonds. The minimum atomic E-state index is 0.0652. The van der Waals surface area contributed by atoms with Crippen molar-refractivity contribution in [3.05, 3.63) is 35.9 Å². The molecule has 3 unspecified atom stereocenters. The molecular weight excluding hydrogens is 210 g/mol. The average molecular weight is 235 g/mol. The zero-order valence-corrected chi connectivity index (χ0v) is 11.1. The first kappa shape index (κ1) is 14.2. The Morgan fingerprint density at radius 2 is 1.71 bits per heavy atom. The molecule has 96 valence electrons. The van der Waals surface area contributed by atoms with E-state index in [1.54, 1.807) is 0 Å². The molecule has 0 bridgehead atoms. The van der Waals surface area contributed by atoms with Crippen molar-refractivity contribution in [1.29, 1.82) is 0 Å². The third-order valence-corrected chi connectivity index (χ3v) is 3.01. The van der Waals surface area contributed by atoms with E-state index in [2.05, 4.69) is 55.7 Å². The standard InChI is InChI=1S/C14H25N3/c1-4-13(15)17-14(5-2)16-11(3)12-9-7-6-8-10-12/h6-11,13-14,16-17H,4-5,15H2,1-3H3. The second-order valence-electron chi connectivity index (χ2n) is 4.44. The van der Waals surface area contributed by atoms with Crippen LogP contribution in [0.5, 0.6) is 0 Å². The Labute approximate surface area is 105 Å². The van der Waals surface area contributed by atoms with Crippen LogP contribution in [0.1, 0.15) is 45.2 Å². The molecule has 0 aromatic heterocycles. The largest absolute Gasteiger partial charge is 0.316 e. The molecule has 0 aliphatic rings. The number of benzene rings is 1. The van der Waals surface area contributed by atoms with Crippen LogP contribution in [-0.2, 0) is 0 Å². The van der Waals surface area contributed by atoms with Gasteiger partial charge in [-0.2, -0.15) is 0 Å². The molecule has 0 saturated heterocycles. The fraction of sp³-hybridized carbons (Fsp3) is 0.571. The van der Waals surface area contributed by atoms with Gasteiger partial charge in [-0.3, -0.25) is 10.6 Å². The maximum Gasteiger partial charge on any atom is 0.0585 e. The van der Waals surface area contributed by atoms with Crippen LogP contribution < -0.4 is 16.4 Å². The van der Waals surface area contributed by atoms with Gasteiger partial charge in [0.2, 0.25) is 0 Å². The van der Waals surface area contributed by atoms with E-state index in [1.165, 1.54) is 5.56 Å². The Bertz CT molecular complexity index is 300. The highest BCUT2D eigenvalue weighted by atomic mass is 15.2. The molecule has 0 aliphatic heterocycles. The summed E-state index contributed by atoms with van der Waals surface area (Å²) in [5.74, 6) is 0. The summed E-state index contributed by atoms with van der Waals surface area (Å²) in [7, 11) is 0. The third kappa shape index (κ3) is 4.86. The molecule has 3 heteroatoms. The van der Waals surface area contributed by atoms with Crippen molar-refractivity contribution in [2.45, 2.75) is 52.0 Å². The molecule has 0 fully saturated rings. The predicted molar refractivity (Wildman–Crippen MR) is 73.5 cm³/mol. The van der Waals surface area contributed by atoms with Crippen molar-refractivity contribution < 1.29 is 0 Å². The highest BCUT2D eigenvalue weighted by Crippen LogP contribution is 2.12. The van der Waals surface area contributed by atoms with Crippen LogP contribution in [-0.4, -0.2) is 12.3 Å². The maximum absolute atomic E-state index is 5.91. The summed E-state index contributed by atoms with van der Waals surface area (Å²) < 4.78 is 0.